The first kappa shape index (κ1) is 19.2. The predicted octanol–water partition coefficient (Wildman–Crippen LogP) is 4.26. The first-order valence-electron chi connectivity index (χ1n) is 10.2. The molecule has 7 heteroatoms. The SMILES string of the molecule is CC(C)n1c2cc(N3CCNCC3)c(Br)cc2c(=O)c2c3ccc(C#N)cc3[nH]c21. The van der Waals surface area contributed by atoms with Crippen molar-refractivity contribution in [3.8, 4) is 6.07 Å². The Kier molecular flexibility index (Phi) is 4.57. The molecule has 30 heavy (non-hydrogen) atoms. The number of aromatic amines is 1. The fourth-order valence-electron chi connectivity index (χ4n) is 4.53. The van der Waals surface area contributed by atoms with Crippen LogP contribution in [-0.4, -0.2) is 35.7 Å². The number of anilines is 1. The number of pyridine rings is 1. The number of halogens is 1. The van der Waals surface area contributed by atoms with Crippen LogP contribution in [0.4, 0.5) is 5.69 Å². The lowest BCUT2D eigenvalue weighted by Crippen LogP contribution is -2.43. The van der Waals surface area contributed by atoms with Crippen molar-refractivity contribution in [3.05, 3.63) is 50.6 Å². The summed E-state index contributed by atoms with van der Waals surface area (Å²) in [6.45, 7) is 8.01. The van der Waals surface area contributed by atoms with E-state index in [0.717, 1.165) is 58.4 Å². The fourth-order valence-corrected chi connectivity index (χ4v) is 5.13. The highest BCUT2D eigenvalue weighted by Gasteiger charge is 2.21. The monoisotopic (exact) mass is 463 g/mol. The molecule has 1 fully saturated rings. The molecule has 0 unspecified atom stereocenters. The first-order valence-corrected chi connectivity index (χ1v) is 11.0. The average molecular weight is 464 g/mol. The highest BCUT2D eigenvalue weighted by Crippen LogP contribution is 2.35. The molecule has 2 N–H and O–H groups in total. The molecule has 2 aromatic carbocycles. The molecule has 5 rings (SSSR count). The van der Waals surface area contributed by atoms with Crippen LogP contribution < -0.4 is 15.6 Å². The zero-order valence-corrected chi connectivity index (χ0v) is 18.5. The van der Waals surface area contributed by atoms with E-state index in [1.165, 1.54) is 0 Å². The van der Waals surface area contributed by atoms with E-state index in [4.69, 9.17) is 0 Å². The van der Waals surface area contributed by atoms with Gasteiger partial charge in [0.05, 0.1) is 28.2 Å². The highest BCUT2D eigenvalue weighted by molar-refractivity contribution is 9.10. The lowest BCUT2D eigenvalue weighted by atomic mass is 10.1. The number of rotatable bonds is 2. The van der Waals surface area contributed by atoms with Crippen LogP contribution in [0.15, 0.2) is 39.6 Å². The second kappa shape index (κ2) is 7.15. The van der Waals surface area contributed by atoms with Crippen molar-refractivity contribution >= 4 is 54.5 Å². The van der Waals surface area contributed by atoms with Crippen LogP contribution >= 0.6 is 15.9 Å². The lowest BCUT2D eigenvalue weighted by Gasteiger charge is -2.31. The van der Waals surface area contributed by atoms with Crippen LogP contribution in [0, 0.1) is 11.3 Å². The van der Waals surface area contributed by atoms with E-state index in [1.807, 2.05) is 18.2 Å². The third-order valence-electron chi connectivity index (χ3n) is 5.92. The summed E-state index contributed by atoms with van der Waals surface area (Å²) in [5.41, 5.74) is 4.24. The molecular weight excluding hydrogens is 442 g/mol. The molecule has 3 heterocycles. The molecule has 0 amide bonds. The quantitative estimate of drug-likeness (QED) is 0.465. The Morgan fingerprint density at radius 1 is 1.13 bits per heavy atom. The summed E-state index contributed by atoms with van der Waals surface area (Å²) in [4.78, 5) is 19.4. The van der Waals surface area contributed by atoms with E-state index in [0.29, 0.717) is 16.3 Å². The maximum Gasteiger partial charge on any atom is 0.199 e. The summed E-state index contributed by atoms with van der Waals surface area (Å²) < 4.78 is 3.14. The van der Waals surface area contributed by atoms with Crippen LogP contribution in [0.3, 0.4) is 0 Å². The summed E-state index contributed by atoms with van der Waals surface area (Å²) in [7, 11) is 0. The molecular formula is C23H22BrN5O. The zero-order valence-electron chi connectivity index (χ0n) is 16.9. The number of nitriles is 1. The Labute approximate surface area is 182 Å². The molecule has 1 aliphatic heterocycles. The Hall–Kier alpha value is -2.82. The fraction of sp³-hybridized carbons (Fsp3) is 0.304. The smallest absolute Gasteiger partial charge is 0.199 e. The Bertz CT molecular complexity index is 1400. The number of aromatic nitrogens is 2. The van der Waals surface area contributed by atoms with E-state index >= 15 is 0 Å². The van der Waals surface area contributed by atoms with Gasteiger partial charge < -0.3 is 19.8 Å². The van der Waals surface area contributed by atoms with Crippen molar-refractivity contribution in [2.75, 3.05) is 31.1 Å². The molecule has 1 aliphatic rings. The predicted molar refractivity (Wildman–Crippen MR) is 125 cm³/mol. The molecule has 0 aliphatic carbocycles. The Morgan fingerprint density at radius 3 is 2.60 bits per heavy atom. The summed E-state index contributed by atoms with van der Waals surface area (Å²) in [6.07, 6.45) is 0. The van der Waals surface area contributed by atoms with Gasteiger partial charge in [-0.2, -0.15) is 5.26 Å². The minimum atomic E-state index is 0.0143. The summed E-state index contributed by atoms with van der Waals surface area (Å²) in [5, 5.41) is 14.9. The van der Waals surface area contributed by atoms with Crippen molar-refractivity contribution in [1.29, 1.82) is 5.26 Å². The van der Waals surface area contributed by atoms with Crippen LogP contribution in [-0.2, 0) is 0 Å². The van der Waals surface area contributed by atoms with Crippen LogP contribution in [0.5, 0.6) is 0 Å². The number of benzene rings is 2. The molecule has 0 radical (unpaired) electrons. The van der Waals surface area contributed by atoms with Crippen molar-refractivity contribution in [2.24, 2.45) is 0 Å². The molecule has 0 saturated carbocycles. The number of H-pyrrole nitrogens is 1. The Balaban J connectivity index is 1.90. The molecule has 6 nitrogen and oxygen atoms in total. The third-order valence-corrected chi connectivity index (χ3v) is 6.55. The van der Waals surface area contributed by atoms with Crippen molar-refractivity contribution in [2.45, 2.75) is 19.9 Å². The van der Waals surface area contributed by atoms with E-state index in [2.05, 4.69) is 61.7 Å². The zero-order chi connectivity index (χ0) is 21.0. The van der Waals surface area contributed by atoms with Gasteiger partial charge in [0, 0.05) is 53.0 Å². The Morgan fingerprint density at radius 2 is 1.90 bits per heavy atom. The number of fused-ring (bicyclic) bond motifs is 4. The number of nitrogens with one attached hydrogen (secondary N) is 2. The van der Waals surface area contributed by atoms with Crippen molar-refractivity contribution in [1.82, 2.24) is 14.9 Å². The minimum Gasteiger partial charge on any atom is -0.368 e. The summed E-state index contributed by atoms with van der Waals surface area (Å²) >= 11 is 3.72. The normalized spacial score (nSPS) is 14.8. The van der Waals surface area contributed by atoms with E-state index in [1.54, 1.807) is 6.07 Å². The molecule has 4 aromatic rings. The number of hydrogen-bond donors (Lipinski definition) is 2. The highest BCUT2D eigenvalue weighted by atomic mass is 79.9. The van der Waals surface area contributed by atoms with E-state index in [9.17, 15) is 10.1 Å². The second-order valence-electron chi connectivity index (χ2n) is 8.07. The number of nitrogens with zero attached hydrogens (tertiary/aromatic N) is 3. The molecule has 0 atom stereocenters. The minimum absolute atomic E-state index is 0.0143. The average Bonchev–Trinajstić information content (AvgIpc) is 3.12. The third kappa shape index (κ3) is 2.83. The summed E-state index contributed by atoms with van der Waals surface area (Å²) in [6, 6.07) is 11.9. The van der Waals surface area contributed by atoms with Gasteiger partial charge in [-0.15, -0.1) is 0 Å². The molecule has 0 bridgehead atoms. The lowest BCUT2D eigenvalue weighted by molar-refractivity contribution is 0.588. The van der Waals surface area contributed by atoms with Gasteiger partial charge in [0.1, 0.15) is 5.65 Å². The van der Waals surface area contributed by atoms with Gasteiger partial charge in [0.25, 0.3) is 0 Å². The van der Waals surface area contributed by atoms with Gasteiger partial charge in [-0.05, 0) is 54.0 Å². The second-order valence-corrected chi connectivity index (χ2v) is 8.93. The maximum absolute atomic E-state index is 13.6. The largest absolute Gasteiger partial charge is 0.368 e. The van der Waals surface area contributed by atoms with Gasteiger partial charge in [0.15, 0.2) is 5.43 Å². The van der Waals surface area contributed by atoms with Crippen LogP contribution in [0.2, 0.25) is 0 Å². The van der Waals surface area contributed by atoms with Gasteiger partial charge in [0.2, 0.25) is 0 Å². The van der Waals surface area contributed by atoms with Gasteiger partial charge >= 0.3 is 0 Å². The van der Waals surface area contributed by atoms with Gasteiger partial charge in [-0.1, -0.05) is 6.07 Å². The van der Waals surface area contributed by atoms with E-state index < -0.39 is 0 Å². The van der Waals surface area contributed by atoms with Gasteiger partial charge in [-0.25, -0.2) is 0 Å². The molecule has 0 spiro atoms. The maximum atomic E-state index is 13.6. The molecule has 1 saturated heterocycles. The van der Waals surface area contributed by atoms with Crippen molar-refractivity contribution < 1.29 is 0 Å². The number of hydrogen-bond acceptors (Lipinski definition) is 4. The van der Waals surface area contributed by atoms with E-state index in [-0.39, 0.29) is 11.5 Å². The van der Waals surface area contributed by atoms with Gasteiger partial charge in [-0.3, -0.25) is 4.79 Å². The topological polar surface area (TPSA) is 76.8 Å². The summed E-state index contributed by atoms with van der Waals surface area (Å²) in [5.74, 6) is 0. The van der Waals surface area contributed by atoms with Crippen LogP contribution in [0.25, 0.3) is 32.8 Å². The molecule has 2 aromatic heterocycles. The number of piperazine rings is 1. The van der Waals surface area contributed by atoms with Crippen molar-refractivity contribution in [3.63, 3.8) is 0 Å². The van der Waals surface area contributed by atoms with Crippen LogP contribution in [0.1, 0.15) is 25.5 Å². The molecule has 152 valence electrons. The standard InChI is InChI=1S/C23H22BrN5O/c1-13(2)29-19-11-20(28-7-5-26-6-8-28)17(24)10-16(19)22(30)21-15-4-3-14(12-25)9-18(15)27-23(21)29/h3-4,9-11,13,26-27H,5-8H2,1-2H3. The first-order chi connectivity index (χ1) is 14.5.